The molecule has 0 atom stereocenters. The van der Waals surface area contributed by atoms with Gasteiger partial charge in [-0.2, -0.15) is 4.98 Å². The van der Waals surface area contributed by atoms with Crippen LogP contribution in [0.2, 0.25) is 5.02 Å². The van der Waals surface area contributed by atoms with Gasteiger partial charge in [-0.25, -0.2) is 9.37 Å². The second-order valence-electron chi connectivity index (χ2n) is 9.02. The maximum atomic E-state index is 15.1. The molecule has 192 valence electrons. The molecule has 1 aliphatic carbocycles. The van der Waals surface area contributed by atoms with Crippen LogP contribution in [-0.4, -0.2) is 27.8 Å². The molecule has 3 aromatic carbocycles. The van der Waals surface area contributed by atoms with Gasteiger partial charge in [0.25, 0.3) is 5.91 Å². The zero-order chi connectivity index (χ0) is 26.8. The lowest BCUT2D eigenvalue weighted by atomic mass is 9.98. The highest BCUT2D eigenvalue weighted by molar-refractivity contribution is 6.33. The van der Waals surface area contributed by atoms with E-state index in [0.29, 0.717) is 22.4 Å². The molecule has 5 N–H and O–H groups in total. The number of rotatable bonds is 8. The summed E-state index contributed by atoms with van der Waals surface area (Å²) in [4.78, 5) is 32.6. The number of halogens is 2. The average molecular weight is 531 g/mol. The Labute approximate surface area is 223 Å². The molecule has 0 aliphatic heterocycles. The van der Waals surface area contributed by atoms with Crippen molar-refractivity contribution in [2.75, 3.05) is 10.6 Å². The van der Waals surface area contributed by atoms with Gasteiger partial charge in [-0.3, -0.25) is 9.59 Å². The minimum atomic E-state index is -0.527. The number of primary amides is 1. The number of carbonyl (C=O) groups is 2. The van der Waals surface area contributed by atoms with Crippen LogP contribution in [-0.2, 0) is 0 Å². The first-order chi connectivity index (χ1) is 18.3. The Morgan fingerprint density at radius 1 is 1.03 bits per heavy atom. The molecule has 2 amide bonds. The summed E-state index contributed by atoms with van der Waals surface area (Å²) in [7, 11) is 0. The van der Waals surface area contributed by atoms with Crippen LogP contribution in [0.4, 0.5) is 27.5 Å². The molecular weight excluding hydrogens is 507 g/mol. The van der Waals surface area contributed by atoms with E-state index in [9.17, 15) is 9.59 Å². The standard InChI is InChI=1S/C28H24ClFN6O2/c1-15-12-24(22(30)13-20(15)16-6-8-17(9-7-16)25(31)37)35-28-32-14-21(29)26(36-28)34-23-5-3-2-4-19(23)27(38)33-18-10-11-18/h2-9,12-14,18H,10-11H2,1H3,(H2,31,37)(H,33,38)(H2,32,34,35,36). The second kappa shape index (κ2) is 10.5. The first-order valence-corrected chi connectivity index (χ1v) is 12.3. The lowest BCUT2D eigenvalue weighted by molar-refractivity contribution is 0.0950. The van der Waals surface area contributed by atoms with Gasteiger partial charge in [0.2, 0.25) is 11.9 Å². The molecule has 1 aliphatic rings. The van der Waals surface area contributed by atoms with E-state index in [1.165, 1.54) is 12.3 Å². The fraction of sp³-hybridized carbons (Fsp3) is 0.143. The Morgan fingerprint density at radius 2 is 1.76 bits per heavy atom. The van der Waals surface area contributed by atoms with Gasteiger partial charge in [0.15, 0.2) is 5.82 Å². The second-order valence-corrected chi connectivity index (χ2v) is 9.43. The Morgan fingerprint density at radius 3 is 2.47 bits per heavy atom. The number of aryl methyl sites for hydroxylation is 1. The largest absolute Gasteiger partial charge is 0.366 e. The predicted molar refractivity (Wildman–Crippen MR) is 146 cm³/mol. The molecule has 0 unspecified atom stereocenters. The summed E-state index contributed by atoms with van der Waals surface area (Å²) >= 11 is 6.33. The number of nitrogens with zero attached hydrogens (tertiary/aromatic N) is 2. The Kier molecular flexibility index (Phi) is 6.93. The van der Waals surface area contributed by atoms with E-state index in [4.69, 9.17) is 17.3 Å². The molecule has 1 fully saturated rings. The molecule has 38 heavy (non-hydrogen) atoms. The van der Waals surface area contributed by atoms with Crippen LogP contribution in [0.3, 0.4) is 0 Å². The molecule has 8 nitrogen and oxygen atoms in total. The third-order valence-corrected chi connectivity index (χ3v) is 6.40. The Balaban J connectivity index is 1.37. The van der Waals surface area contributed by atoms with Crippen molar-refractivity contribution >= 4 is 46.6 Å². The van der Waals surface area contributed by atoms with Crippen LogP contribution >= 0.6 is 11.6 Å². The summed E-state index contributed by atoms with van der Waals surface area (Å²) in [5.41, 5.74) is 9.07. The molecule has 4 aromatic rings. The number of aromatic nitrogens is 2. The van der Waals surface area contributed by atoms with Crippen molar-refractivity contribution in [2.24, 2.45) is 5.73 Å². The number of benzene rings is 3. The van der Waals surface area contributed by atoms with E-state index in [1.807, 2.05) is 6.92 Å². The number of anilines is 4. The normalized spacial score (nSPS) is 12.6. The molecule has 1 aromatic heterocycles. The summed E-state index contributed by atoms with van der Waals surface area (Å²) < 4.78 is 15.1. The van der Waals surface area contributed by atoms with E-state index in [-0.39, 0.29) is 34.4 Å². The molecule has 1 heterocycles. The molecule has 0 saturated heterocycles. The Bertz CT molecular complexity index is 1540. The Hall–Kier alpha value is -4.50. The molecule has 5 rings (SSSR count). The zero-order valence-electron chi connectivity index (χ0n) is 20.4. The maximum Gasteiger partial charge on any atom is 0.253 e. The minimum absolute atomic E-state index is 0.119. The lowest BCUT2D eigenvalue weighted by Crippen LogP contribution is -2.26. The van der Waals surface area contributed by atoms with Gasteiger partial charge in [-0.1, -0.05) is 35.9 Å². The minimum Gasteiger partial charge on any atom is -0.366 e. The maximum absolute atomic E-state index is 15.1. The topological polar surface area (TPSA) is 122 Å². The van der Waals surface area contributed by atoms with E-state index >= 15 is 4.39 Å². The van der Waals surface area contributed by atoms with Crippen LogP contribution in [0, 0.1) is 12.7 Å². The highest BCUT2D eigenvalue weighted by Crippen LogP contribution is 2.31. The first kappa shape index (κ1) is 25.2. The molecular formula is C28H24ClFN6O2. The summed E-state index contributed by atoms with van der Waals surface area (Å²) in [6.07, 6.45) is 3.35. The van der Waals surface area contributed by atoms with Crippen molar-refractivity contribution < 1.29 is 14.0 Å². The van der Waals surface area contributed by atoms with E-state index in [0.717, 1.165) is 24.0 Å². The van der Waals surface area contributed by atoms with Crippen molar-refractivity contribution in [3.8, 4) is 11.1 Å². The van der Waals surface area contributed by atoms with Crippen molar-refractivity contribution in [3.63, 3.8) is 0 Å². The number of carbonyl (C=O) groups excluding carboxylic acids is 2. The quantitative estimate of drug-likeness (QED) is 0.231. The number of para-hydroxylation sites is 1. The number of nitrogens with one attached hydrogen (secondary N) is 3. The van der Waals surface area contributed by atoms with E-state index < -0.39 is 11.7 Å². The van der Waals surface area contributed by atoms with Crippen molar-refractivity contribution in [1.82, 2.24) is 15.3 Å². The molecule has 10 heteroatoms. The monoisotopic (exact) mass is 530 g/mol. The lowest BCUT2D eigenvalue weighted by Gasteiger charge is -2.14. The van der Waals surface area contributed by atoms with Gasteiger partial charge in [-0.05, 0) is 72.9 Å². The molecule has 0 radical (unpaired) electrons. The number of hydrogen-bond acceptors (Lipinski definition) is 6. The first-order valence-electron chi connectivity index (χ1n) is 12.0. The van der Waals surface area contributed by atoms with E-state index in [2.05, 4.69) is 25.9 Å². The van der Waals surface area contributed by atoms with Gasteiger partial charge >= 0.3 is 0 Å². The highest BCUT2D eigenvalue weighted by Gasteiger charge is 2.25. The zero-order valence-corrected chi connectivity index (χ0v) is 21.1. The number of amides is 2. The van der Waals surface area contributed by atoms with Gasteiger partial charge < -0.3 is 21.7 Å². The fourth-order valence-corrected chi connectivity index (χ4v) is 4.08. The molecule has 0 bridgehead atoms. The van der Waals surface area contributed by atoms with Gasteiger partial charge in [0.1, 0.15) is 10.8 Å². The van der Waals surface area contributed by atoms with Crippen LogP contribution in [0.15, 0.2) is 66.9 Å². The smallest absolute Gasteiger partial charge is 0.253 e. The summed E-state index contributed by atoms with van der Waals surface area (Å²) in [5, 5.41) is 9.21. The van der Waals surface area contributed by atoms with Gasteiger partial charge in [0, 0.05) is 11.6 Å². The third kappa shape index (κ3) is 5.57. The van der Waals surface area contributed by atoms with Crippen LogP contribution < -0.4 is 21.7 Å². The van der Waals surface area contributed by atoms with Gasteiger partial charge in [-0.15, -0.1) is 0 Å². The summed E-state index contributed by atoms with van der Waals surface area (Å²) in [6, 6.07) is 17.0. The van der Waals surface area contributed by atoms with Crippen LogP contribution in [0.1, 0.15) is 39.1 Å². The van der Waals surface area contributed by atoms with Crippen molar-refractivity contribution in [1.29, 1.82) is 0 Å². The van der Waals surface area contributed by atoms with Crippen LogP contribution in [0.25, 0.3) is 11.1 Å². The summed E-state index contributed by atoms with van der Waals surface area (Å²) in [5.74, 6) is -0.839. The molecule has 1 saturated carbocycles. The number of hydrogen-bond donors (Lipinski definition) is 4. The SMILES string of the molecule is Cc1cc(Nc2ncc(Cl)c(Nc3ccccc3C(=O)NC3CC3)n2)c(F)cc1-c1ccc(C(N)=O)cc1. The third-order valence-electron chi connectivity index (χ3n) is 6.12. The van der Waals surface area contributed by atoms with Gasteiger partial charge in [0.05, 0.1) is 23.1 Å². The fourth-order valence-electron chi connectivity index (χ4n) is 3.95. The predicted octanol–water partition coefficient (Wildman–Crippen LogP) is 5.72. The highest BCUT2D eigenvalue weighted by atomic mass is 35.5. The number of nitrogens with two attached hydrogens (primary N) is 1. The van der Waals surface area contributed by atoms with Crippen molar-refractivity contribution in [2.45, 2.75) is 25.8 Å². The van der Waals surface area contributed by atoms with Crippen molar-refractivity contribution in [3.05, 3.63) is 94.4 Å². The molecule has 0 spiro atoms. The van der Waals surface area contributed by atoms with E-state index in [1.54, 1.807) is 54.6 Å². The van der Waals surface area contributed by atoms with Crippen LogP contribution in [0.5, 0.6) is 0 Å². The average Bonchev–Trinajstić information content (AvgIpc) is 3.72. The summed E-state index contributed by atoms with van der Waals surface area (Å²) in [6.45, 7) is 1.85.